The lowest BCUT2D eigenvalue weighted by molar-refractivity contribution is 0.0179. The highest BCUT2D eigenvalue weighted by molar-refractivity contribution is 4.91. The third kappa shape index (κ3) is 5.30. The van der Waals surface area contributed by atoms with Crippen LogP contribution in [0.5, 0.6) is 0 Å². The van der Waals surface area contributed by atoms with Crippen LogP contribution in [0.4, 0.5) is 0 Å². The van der Waals surface area contributed by atoms with Crippen LogP contribution < -0.4 is 5.32 Å². The first-order valence-electron chi connectivity index (χ1n) is 8.03. The van der Waals surface area contributed by atoms with Gasteiger partial charge in [-0.3, -0.25) is 4.90 Å². The SMILES string of the molecule is COCCOCCOCCN1CCCC1C1CCCN1. The molecule has 0 aromatic rings. The van der Waals surface area contributed by atoms with E-state index in [4.69, 9.17) is 14.2 Å². The summed E-state index contributed by atoms with van der Waals surface area (Å²) in [5.74, 6) is 0. The van der Waals surface area contributed by atoms with Crippen molar-refractivity contribution in [2.24, 2.45) is 0 Å². The van der Waals surface area contributed by atoms with Crippen LogP contribution in [0.2, 0.25) is 0 Å². The highest BCUT2D eigenvalue weighted by atomic mass is 16.5. The van der Waals surface area contributed by atoms with E-state index in [1.165, 1.54) is 38.8 Å². The van der Waals surface area contributed by atoms with Gasteiger partial charge in [-0.1, -0.05) is 0 Å². The van der Waals surface area contributed by atoms with Crippen molar-refractivity contribution >= 4 is 0 Å². The van der Waals surface area contributed by atoms with Crippen molar-refractivity contribution in [1.82, 2.24) is 10.2 Å². The molecule has 0 spiro atoms. The lowest BCUT2D eigenvalue weighted by Gasteiger charge is -2.29. The second kappa shape index (κ2) is 9.68. The molecule has 1 N–H and O–H groups in total. The summed E-state index contributed by atoms with van der Waals surface area (Å²) in [6.07, 6.45) is 5.36. The van der Waals surface area contributed by atoms with Crippen molar-refractivity contribution in [3.05, 3.63) is 0 Å². The van der Waals surface area contributed by atoms with Crippen LogP contribution in [0.15, 0.2) is 0 Å². The molecule has 2 fully saturated rings. The molecule has 0 saturated carbocycles. The van der Waals surface area contributed by atoms with E-state index in [9.17, 15) is 0 Å². The lowest BCUT2D eigenvalue weighted by Crippen LogP contribution is -2.45. The maximum atomic E-state index is 5.66. The van der Waals surface area contributed by atoms with Gasteiger partial charge in [-0.2, -0.15) is 0 Å². The van der Waals surface area contributed by atoms with E-state index in [1.54, 1.807) is 7.11 Å². The van der Waals surface area contributed by atoms with Gasteiger partial charge in [-0.25, -0.2) is 0 Å². The average molecular weight is 286 g/mol. The van der Waals surface area contributed by atoms with Gasteiger partial charge >= 0.3 is 0 Å². The van der Waals surface area contributed by atoms with E-state index in [2.05, 4.69) is 10.2 Å². The van der Waals surface area contributed by atoms with Gasteiger partial charge in [0.15, 0.2) is 0 Å². The third-order valence-electron chi connectivity index (χ3n) is 4.30. The van der Waals surface area contributed by atoms with Crippen LogP contribution >= 0.6 is 0 Å². The summed E-state index contributed by atoms with van der Waals surface area (Å²) in [6.45, 7) is 6.96. The van der Waals surface area contributed by atoms with Crippen LogP contribution in [0.1, 0.15) is 25.7 Å². The van der Waals surface area contributed by atoms with Gasteiger partial charge in [0, 0.05) is 25.7 Å². The topological polar surface area (TPSA) is 43.0 Å². The Kier molecular flexibility index (Phi) is 7.83. The van der Waals surface area contributed by atoms with Crippen molar-refractivity contribution in [2.75, 3.05) is 59.8 Å². The maximum absolute atomic E-state index is 5.66. The Hall–Kier alpha value is -0.200. The van der Waals surface area contributed by atoms with E-state index < -0.39 is 0 Å². The zero-order valence-corrected chi connectivity index (χ0v) is 12.8. The van der Waals surface area contributed by atoms with Gasteiger partial charge in [0.05, 0.1) is 33.0 Å². The van der Waals surface area contributed by atoms with Gasteiger partial charge in [-0.05, 0) is 38.8 Å². The fourth-order valence-electron chi connectivity index (χ4n) is 3.27. The minimum absolute atomic E-state index is 0.654. The standard InChI is InChI=1S/C15H30N2O3/c1-18-10-11-20-13-12-19-9-8-17-7-3-5-15(17)14-4-2-6-16-14/h14-16H,2-13H2,1H3. The molecule has 2 heterocycles. The molecule has 118 valence electrons. The summed E-state index contributed by atoms with van der Waals surface area (Å²) in [4.78, 5) is 2.61. The molecule has 0 aliphatic carbocycles. The van der Waals surface area contributed by atoms with E-state index in [-0.39, 0.29) is 0 Å². The van der Waals surface area contributed by atoms with Gasteiger partial charge in [0.1, 0.15) is 0 Å². The van der Waals surface area contributed by atoms with Crippen LogP contribution in [-0.4, -0.2) is 76.8 Å². The van der Waals surface area contributed by atoms with Gasteiger partial charge in [0.2, 0.25) is 0 Å². The predicted molar refractivity (Wildman–Crippen MR) is 79.1 cm³/mol. The minimum Gasteiger partial charge on any atom is -0.382 e. The number of nitrogens with one attached hydrogen (secondary N) is 1. The second-order valence-electron chi connectivity index (χ2n) is 5.67. The molecular formula is C15H30N2O3. The summed E-state index contributed by atoms with van der Waals surface area (Å²) < 4.78 is 16.0. The Bertz CT molecular complexity index is 247. The van der Waals surface area contributed by atoms with Gasteiger partial charge in [-0.15, -0.1) is 0 Å². The summed E-state index contributed by atoms with van der Waals surface area (Å²) in [6, 6.07) is 1.45. The highest BCUT2D eigenvalue weighted by Crippen LogP contribution is 2.24. The van der Waals surface area contributed by atoms with E-state index in [1.807, 2.05) is 0 Å². The number of nitrogens with zero attached hydrogens (tertiary/aromatic N) is 1. The quantitative estimate of drug-likeness (QED) is 0.604. The number of hydrogen-bond acceptors (Lipinski definition) is 5. The number of methoxy groups -OCH3 is 1. The Morgan fingerprint density at radius 1 is 1.00 bits per heavy atom. The Labute approximate surface area is 122 Å². The highest BCUT2D eigenvalue weighted by Gasteiger charge is 2.32. The average Bonchev–Trinajstić information content (AvgIpc) is 3.11. The molecule has 2 rings (SSSR count). The molecule has 5 nitrogen and oxygen atoms in total. The van der Waals surface area contributed by atoms with Crippen LogP contribution in [0.25, 0.3) is 0 Å². The summed E-state index contributed by atoms with van der Waals surface area (Å²) >= 11 is 0. The first-order chi connectivity index (χ1) is 9.92. The first kappa shape index (κ1) is 16.2. The van der Waals surface area contributed by atoms with Crippen molar-refractivity contribution in [3.8, 4) is 0 Å². The monoisotopic (exact) mass is 286 g/mol. The number of ether oxygens (including phenoxy) is 3. The van der Waals surface area contributed by atoms with Gasteiger partial charge < -0.3 is 19.5 Å². The number of likely N-dealkylation sites (tertiary alicyclic amines) is 1. The predicted octanol–water partition coefficient (Wildman–Crippen LogP) is 0.882. The van der Waals surface area contributed by atoms with E-state index in [0.717, 1.165) is 25.2 Å². The van der Waals surface area contributed by atoms with Crippen molar-refractivity contribution in [2.45, 2.75) is 37.8 Å². The van der Waals surface area contributed by atoms with Crippen molar-refractivity contribution < 1.29 is 14.2 Å². The molecule has 2 atom stereocenters. The molecule has 2 aliphatic heterocycles. The third-order valence-corrected chi connectivity index (χ3v) is 4.30. The Morgan fingerprint density at radius 3 is 2.55 bits per heavy atom. The fraction of sp³-hybridized carbons (Fsp3) is 1.00. The number of rotatable bonds is 10. The molecule has 0 aromatic carbocycles. The molecule has 0 bridgehead atoms. The molecule has 0 aromatic heterocycles. The zero-order valence-electron chi connectivity index (χ0n) is 12.8. The molecule has 0 radical (unpaired) electrons. The minimum atomic E-state index is 0.654. The van der Waals surface area contributed by atoms with Crippen LogP contribution in [0.3, 0.4) is 0 Å². The maximum Gasteiger partial charge on any atom is 0.0701 e. The van der Waals surface area contributed by atoms with Crippen molar-refractivity contribution in [1.29, 1.82) is 0 Å². The first-order valence-corrected chi connectivity index (χ1v) is 8.03. The Balaban J connectivity index is 1.50. The molecular weight excluding hydrogens is 256 g/mol. The molecule has 2 saturated heterocycles. The van der Waals surface area contributed by atoms with Crippen LogP contribution in [0, 0.1) is 0 Å². The van der Waals surface area contributed by atoms with E-state index >= 15 is 0 Å². The molecule has 2 unspecified atom stereocenters. The largest absolute Gasteiger partial charge is 0.382 e. The molecule has 0 amide bonds. The fourth-order valence-corrected chi connectivity index (χ4v) is 3.27. The lowest BCUT2D eigenvalue weighted by atomic mass is 10.0. The van der Waals surface area contributed by atoms with Crippen molar-refractivity contribution in [3.63, 3.8) is 0 Å². The molecule has 20 heavy (non-hydrogen) atoms. The number of hydrogen-bond donors (Lipinski definition) is 1. The smallest absolute Gasteiger partial charge is 0.0701 e. The summed E-state index contributed by atoms with van der Waals surface area (Å²) in [5, 5.41) is 3.64. The zero-order chi connectivity index (χ0) is 14.0. The second-order valence-corrected chi connectivity index (χ2v) is 5.67. The summed E-state index contributed by atoms with van der Waals surface area (Å²) in [7, 11) is 1.69. The summed E-state index contributed by atoms with van der Waals surface area (Å²) in [5.41, 5.74) is 0. The van der Waals surface area contributed by atoms with Crippen LogP contribution in [-0.2, 0) is 14.2 Å². The van der Waals surface area contributed by atoms with Gasteiger partial charge in [0.25, 0.3) is 0 Å². The Morgan fingerprint density at radius 2 is 1.80 bits per heavy atom. The normalized spacial score (nSPS) is 27.4. The molecule has 5 heteroatoms. The molecule has 2 aliphatic rings. The van der Waals surface area contributed by atoms with E-state index in [0.29, 0.717) is 26.4 Å².